The van der Waals surface area contributed by atoms with Crippen LogP contribution in [0, 0.1) is 0 Å². The Morgan fingerprint density at radius 3 is 0.827 bits per heavy atom. The van der Waals surface area contributed by atoms with E-state index in [-0.39, 0.29) is 0 Å². The van der Waals surface area contributed by atoms with Gasteiger partial charge in [0.15, 0.2) is 29.0 Å². The Balaban J connectivity index is 1.23. The van der Waals surface area contributed by atoms with E-state index in [1.54, 1.807) is 6.20 Å². The third-order valence-corrected chi connectivity index (χ3v) is 19.8. The average molecular weight is 1390 g/mol. The summed E-state index contributed by atoms with van der Waals surface area (Å²) in [6, 6.07) is 38.1. The number of ether oxygens (including phenoxy) is 8. The Kier molecular flexibility index (Phi) is 20.7. The number of rotatable bonds is 32. The number of nitrogens with zero attached hydrogens (tertiary/aromatic N) is 7. The van der Waals surface area contributed by atoms with Gasteiger partial charge in [0.2, 0.25) is 0 Å². The summed E-state index contributed by atoms with van der Waals surface area (Å²) < 4.78 is 58.0. The maximum absolute atomic E-state index is 7.34. The summed E-state index contributed by atoms with van der Waals surface area (Å²) in [4.78, 5) is 48.2. The lowest BCUT2D eigenvalue weighted by atomic mass is 9.95. The lowest BCUT2D eigenvalue weighted by molar-refractivity contribution is 0.308. The zero-order valence-electron chi connectivity index (χ0n) is 61.3. The van der Waals surface area contributed by atoms with Crippen LogP contribution in [0.2, 0.25) is 0 Å². The van der Waals surface area contributed by atoms with Crippen LogP contribution in [0.3, 0.4) is 0 Å². The van der Waals surface area contributed by atoms with E-state index >= 15 is 0 Å². The molecule has 6 heterocycles. The third kappa shape index (κ3) is 12.8. The van der Waals surface area contributed by atoms with Crippen LogP contribution in [-0.4, -0.2) is 97.7 Å². The van der Waals surface area contributed by atoms with Gasteiger partial charge in [-0.1, -0.05) is 180 Å². The lowest BCUT2D eigenvalue weighted by Crippen LogP contribution is -2.04. The second kappa shape index (κ2) is 31.2. The van der Waals surface area contributed by atoms with Gasteiger partial charge in [-0.15, -0.1) is 0 Å². The molecular formula is C87H93N9O8. The molecule has 17 heteroatoms. The van der Waals surface area contributed by atoms with Crippen LogP contribution in [0.1, 0.15) is 158 Å². The molecule has 2 aliphatic rings. The van der Waals surface area contributed by atoms with E-state index in [9.17, 15) is 0 Å². The molecule has 2 N–H and O–H groups in total. The number of hydrogen-bond donors (Lipinski definition) is 2. The van der Waals surface area contributed by atoms with Crippen LogP contribution in [0.5, 0.6) is 46.0 Å². The van der Waals surface area contributed by atoms with Crippen molar-refractivity contribution >= 4 is 109 Å². The fourth-order valence-electron chi connectivity index (χ4n) is 14.3. The molecule has 534 valence electrons. The van der Waals surface area contributed by atoms with Crippen molar-refractivity contribution < 1.29 is 37.9 Å². The fraction of sp³-hybridized carbons (Fsp3) is 0.368. The minimum absolute atomic E-state index is 0.323. The second-order valence-electron chi connectivity index (χ2n) is 27.3. The Hall–Kier alpha value is -10.6. The average Bonchev–Trinajstić information content (AvgIpc) is 1.53. The molecule has 0 aliphatic carbocycles. The maximum atomic E-state index is 7.34. The highest BCUT2D eigenvalue weighted by Crippen LogP contribution is 2.57. The van der Waals surface area contributed by atoms with Crippen molar-refractivity contribution in [3.63, 3.8) is 0 Å². The van der Waals surface area contributed by atoms with Gasteiger partial charge in [-0.25, -0.2) is 29.9 Å². The van der Waals surface area contributed by atoms with Crippen LogP contribution in [0.25, 0.3) is 154 Å². The highest BCUT2D eigenvalue weighted by atomic mass is 16.5. The van der Waals surface area contributed by atoms with Gasteiger partial charge in [-0.3, -0.25) is 4.98 Å². The highest BCUT2D eigenvalue weighted by molar-refractivity contribution is 6.24. The summed E-state index contributed by atoms with van der Waals surface area (Å²) in [7, 11) is 0. The molecule has 0 radical (unpaired) electrons. The first-order chi connectivity index (χ1) is 51.3. The number of aromatic nitrogens is 9. The van der Waals surface area contributed by atoms with Gasteiger partial charge in [-0.2, -0.15) is 0 Å². The Bertz CT molecular complexity index is 5570. The summed E-state index contributed by atoms with van der Waals surface area (Å²) in [5.41, 5.74) is 4.77. The van der Waals surface area contributed by atoms with Crippen molar-refractivity contribution in [3.05, 3.63) is 115 Å². The van der Waals surface area contributed by atoms with Crippen LogP contribution in [0.15, 0.2) is 115 Å². The van der Waals surface area contributed by atoms with Crippen molar-refractivity contribution in [2.45, 2.75) is 158 Å². The summed E-state index contributed by atoms with van der Waals surface area (Å²) in [5.74, 6) is 6.12. The first-order valence-electron chi connectivity index (χ1n) is 38.3. The zero-order valence-corrected chi connectivity index (χ0v) is 61.3. The molecule has 0 saturated heterocycles. The molecule has 0 saturated carbocycles. The summed E-state index contributed by atoms with van der Waals surface area (Å²) in [6.07, 6.45) is 15.4. The number of aromatic amines is 2. The number of unbranched alkanes of at least 4 members (excludes halogenated alkanes) is 8. The molecule has 4 aromatic heterocycles. The van der Waals surface area contributed by atoms with E-state index in [0.717, 1.165) is 162 Å². The standard InChI is InChI=1S/C87H93N9O8/c1-9-17-40-97-72-56-36-29-30-37-57(56)73(98-41-18-10-2)64-63(72)80-89-81(64)91-86-69-70(79(104-47-24-16-8)71-58(38-31-39-88-71)74(69)99-42-19-11-3)87(96-86)95-85-68-67(77(102-45-22-14-6)61-50-54-34-27-28-35-55(54)51-62(61)78(68)103-46-23-15-7)84(94-85)93-83-66-65(82(90-80)92-83)75(100-43-20-12-4)59-48-52-32-25-26-33-53(52)49-60(59)76(66)101-44-21-13-5/h25-39,48-51H,9-24,40-47H2,1-8H3,(H2,89,90,91,92,93,94,95,96). The molecule has 9 aromatic carbocycles. The van der Waals surface area contributed by atoms with Crippen LogP contribution >= 0.6 is 0 Å². The Morgan fingerprint density at radius 2 is 0.510 bits per heavy atom. The predicted octanol–water partition coefficient (Wildman–Crippen LogP) is 22.6. The molecule has 17 nitrogen and oxygen atoms in total. The molecule has 0 fully saturated rings. The summed E-state index contributed by atoms with van der Waals surface area (Å²) in [6.45, 7) is 20.8. The number of fused-ring (bicyclic) bond motifs is 26. The minimum Gasteiger partial charge on any atom is -0.492 e. The Labute approximate surface area is 606 Å². The van der Waals surface area contributed by atoms with E-state index in [1.165, 1.54) is 0 Å². The normalized spacial score (nSPS) is 12.0. The molecule has 0 spiro atoms. The summed E-state index contributed by atoms with van der Waals surface area (Å²) in [5, 5.41) is 12.7. The van der Waals surface area contributed by atoms with E-state index in [0.29, 0.717) is 194 Å². The molecule has 2 aliphatic heterocycles. The molecule has 15 rings (SSSR count). The van der Waals surface area contributed by atoms with Gasteiger partial charge in [0.25, 0.3) is 0 Å². The Morgan fingerprint density at radius 1 is 0.260 bits per heavy atom. The summed E-state index contributed by atoms with van der Waals surface area (Å²) >= 11 is 0. The second-order valence-corrected chi connectivity index (χ2v) is 27.3. The van der Waals surface area contributed by atoms with Gasteiger partial charge in [0.1, 0.15) is 68.4 Å². The number of benzene rings is 9. The highest BCUT2D eigenvalue weighted by Gasteiger charge is 2.36. The quantitative estimate of drug-likeness (QED) is 0.0298. The largest absolute Gasteiger partial charge is 0.492 e. The van der Waals surface area contributed by atoms with Crippen molar-refractivity contribution in [1.82, 2.24) is 44.9 Å². The minimum atomic E-state index is 0.323. The van der Waals surface area contributed by atoms with Crippen molar-refractivity contribution in [2.24, 2.45) is 0 Å². The molecule has 13 aromatic rings. The van der Waals surface area contributed by atoms with Crippen molar-refractivity contribution in [1.29, 1.82) is 0 Å². The van der Waals surface area contributed by atoms with Gasteiger partial charge in [0.05, 0.1) is 96.7 Å². The smallest absolute Gasteiger partial charge is 0.168 e. The van der Waals surface area contributed by atoms with Gasteiger partial charge in [0, 0.05) is 43.9 Å². The number of H-pyrrole nitrogens is 2. The van der Waals surface area contributed by atoms with E-state index < -0.39 is 0 Å². The molecule has 0 amide bonds. The molecule has 104 heavy (non-hydrogen) atoms. The van der Waals surface area contributed by atoms with Gasteiger partial charge >= 0.3 is 0 Å². The van der Waals surface area contributed by atoms with E-state index in [4.69, 9.17) is 72.8 Å². The molecule has 8 bridgehead atoms. The van der Waals surface area contributed by atoms with Crippen LogP contribution in [-0.2, 0) is 0 Å². The topological polar surface area (TPSA) is 196 Å². The van der Waals surface area contributed by atoms with Gasteiger partial charge in [-0.05, 0) is 109 Å². The van der Waals surface area contributed by atoms with E-state index in [1.807, 2.05) is 24.3 Å². The lowest BCUT2D eigenvalue weighted by Gasteiger charge is -2.19. The third-order valence-electron chi connectivity index (χ3n) is 19.8. The molecular weight excluding hydrogens is 1300 g/mol. The number of pyridine rings is 1. The monoisotopic (exact) mass is 1390 g/mol. The van der Waals surface area contributed by atoms with Crippen LogP contribution in [0.4, 0.5) is 0 Å². The molecule has 0 unspecified atom stereocenters. The first-order valence-corrected chi connectivity index (χ1v) is 38.3. The molecule has 0 atom stereocenters. The fourth-order valence-corrected chi connectivity index (χ4v) is 14.3. The zero-order chi connectivity index (χ0) is 71.2. The van der Waals surface area contributed by atoms with Crippen molar-refractivity contribution in [2.75, 3.05) is 52.9 Å². The predicted molar refractivity (Wildman–Crippen MR) is 422 cm³/mol. The SMILES string of the molecule is CCCCOc1c2c(c(OCCCC)c3ccccc13)-c1nc-2nc2[nH]c(nc3nc(nc4[nH]c(n1)c1c(OCCCC)c5cccnc5c(OCCCC)c41)-c1c-3c(OCCCC)c3cc4ccccc4cc3c1OCCCC)c1c(OCCCC)c3cc4ccccc4cc3c(OCCCC)c21. The van der Waals surface area contributed by atoms with E-state index in [2.05, 4.69) is 150 Å². The van der Waals surface area contributed by atoms with Crippen LogP contribution < -0.4 is 37.9 Å². The van der Waals surface area contributed by atoms with Crippen molar-refractivity contribution in [3.8, 4) is 91.5 Å². The number of hydrogen-bond acceptors (Lipinski definition) is 15. The maximum Gasteiger partial charge on any atom is 0.168 e. The van der Waals surface area contributed by atoms with Gasteiger partial charge < -0.3 is 47.9 Å². The number of nitrogens with one attached hydrogen (secondary N) is 2. The first kappa shape index (κ1) is 69.2.